The van der Waals surface area contributed by atoms with E-state index in [-0.39, 0.29) is 12.4 Å². The molecule has 0 radical (unpaired) electrons. The lowest BCUT2D eigenvalue weighted by Crippen LogP contribution is -2.15. The molecule has 27 heavy (non-hydrogen) atoms. The summed E-state index contributed by atoms with van der Waals surface area (Å²) in [5.74, 6) is 0.907. The molecule has 1 aromatic heterocycles. The van der Waals surface area contributed by atoms with Gasteiger partial charge in [0, 0.05) is 21.2 Å². The topological polar surface area (TPSA) is 92.3 Å². The number of aryl methyl sites for hydroxylation is 1. The lowest BCUT2D eigenvalue weighted by Gasteiger charge is -2.10. The smallest absolute Gasteiger partial charge is 0.363 e. The Balaban J connectivity index is 1.71. The number of nitrogens with zero attached hydrogens (tertiary/aromatic N) is 3. The first-order valence-corrected chi connectivity index (χ1v) is 8.66. The fourth-order valence-corrected chi connectivity index (χ4v) is 2.64. The van der Waals surface area contributed by atoms with Gasteiger partial charge in [-0.25, -0.2) is 9.89 Å². The van der Waals surface area contributed by atoms with Crippen molar-refractivity contribution in [2.75, 3.05) is 5.43 Å². The maximum atomic E-state index is 11.2. The SMILES string of the molecule is Cc1n[nH]c(=O)nc1N/N=C\c1ccccc1OCc1ccc(Cl)cc1Cl. The second-order valence-corrected chi connectivity index (χ2v) is 6.35. The van der Waals surface area contributed by atoms with E-state index in [1.807, 2.05) is 30.3 Å². The van der Waals surface area contributed by atoms with E-state index < -0.39 is 5.69 Å². The van der Waals surface area contributed by atoms with Gasteiger partial charge in [-0.3, -0.25) is 5.43 Å². The molecule has 2 N–H and O–H groups in total. The number of aromatic amines is 1. The quantitative estimate of drug-likeness (QED) is 0.482. The summed E-state index contributed by atoms with van der Waals surface area (Å²) in [5.41, 5.74) is 4.23. The molecule has 0 unspecified atom stereocenters. The molecule has 0 bridgehead atoms. The molecule has 138 valence electrons. The van der Waals surface area contributed by atoms with E-state index >= 15 is 0 Å². The van der Waals surface area contributed by atoms with Crippen molar-refractivity contribution in [3.05, 3.63) is 79.8 Å². The van der Waals surface area contributed by atoms with Crippen LogP contribution in [0.1, 0.15) is 16.8 Å². The number of ether oxygens (including phenoxy) is 1. The van der Waals surface area contributed by atoms with Crippen molar-refractivity contribution in [2.24, 2.45) is 5.10 Å². The Kier molecular flexibility index (Phi) is 6.05. The van der Waals surface area contributed by atoms with Crippen molar-refractivity contribution in [2.45, 2.75) is 13.5 Å². The largest absolute Gasteiger partial charge is 0.488 e. The minimum absolute atomic E-state index is 0.279. The molecule has 3 aromatic rings. The minimum atomic E-state index is -0.554. The van der Waals surface area contributed by atoms with Crippen molar-refractivity contribution >= 4 is 35.2 Å². The first-order valence-electron chi connectivity index (χ1n) is 7.91. The lowest BCUT2D eigenvalue weighted by molar-refractivity contribution is 0.306. The Morgan fingerprint density at radius 2 is 2.07 bits per heavy atom. The highest BCUT2D eigenvalue weighted by Crippen LogP contribution is 2.24. The van der Waals surface area contributed by atoms with Crippen LogP contribution in [0.5, 0.6) is 5.75 Å². The first kappa shape index (κ1) is 18.9. The number of aromatic nitrogens is 3. The molecule has 0 aliphatic carbocycles. The Labute approximate surface area is 165 Å². The Hall–Kier alpha value is -2.90. The van der Waals surface area contributed by atoms with Crippen LogP contribution in [0.4, 0.5) is 5.82 Å². The van der Waals surface area contributed by atoms with Crippen LogP contribution in [0, 0.1) is 6.92 Å². The van der Waals surface area contributed by atoms with Gasteiger partial charge in [0.25, 0.3) is 0 Å². The molecule has 0 saturated heterocycles. The van der Waals surface area contributed by atoms with Crippen LogP contribution in [0.2, 0.25) is 10.0 Å². The molecule has 9 heteroatoms. The summed E-state index contributed by atoms with van der Waals surface area (Å²) >= 11 is 12.1. The van der Waals surface area contributed by atoms with Crippen LogP contribution in [0.25, 0.3) is 0 Å². The van der Waals surface area contributed by atoms with Crippen LogP contribution < -0.4 is 15.9 Å². The number of rotatable bonds is 6. The van der Waals surface area contributed by atoms with Gasteiger partial charge < -0.3 is 4.74 Å². The molecule has 1 heterocycles. The van der Waals surface area contributed by atoms with Crippen molar-refractivity contribution in [3.8, 4) is 5.75 Å². The van der Waals surface area contributed by atoms with Crippen molar-refractivity contribution in [1.29, 1.82) is 0 Å². The molecular weight excluding hydrogens is 389 g/mol. The molecule has 0 aliphatic rings. The fraction of sp³-hybridized carbons (Fsp3) is 0.111. The number of hydrogen-bond donors (Lipinski definition) is 2. The van der Waals surface area contributed by atoms with Gasteiger partial charge in [0.2, 0.25) is 0 Å². The monoisotopic (exact) mass is 403 g/mol. The maximum Gasteiger partial charge on any atom is 0.363 e. The van der Waals surface area contributed by atoms with Crippen molar-refractivity contribution in [1.82, 2.24) is 15.2 Å². The van der Waals surface area contributed by atoms with Gasteiger partial charge >= 0.3 is 5.69 Å². The van der Waals surface area contributed by atoms with Gasteiger partial charge in [-0.15, -0.1) is 0 Å². The number of para-hydroxylation sites is 1. The highest BCUT2D eigenvalue weighted by atomic mass is 35.5. The zero-order valence-corrected chi connectivity index (χ0v) is 15.8. The average molecular weight is 404 g/mol. The first-order chi connectivity index (χ1) is 13.0. The average Bonchev–Trinajstić information content (AvgIpc) is 2.65. The summed E-state index contributed by atoms with van der Waals surface area (Å²) in [4.78, 5) is 15.0. The van der Waals surface area contributed by atoms with Gasteiger partial charge in [0.05, 0.1) is 6.21 Å². The fourth-order valence-electron chi connectivity index (χ4n) is 2.17. The number of H-pyrrole nitrogens is 1. The Morgan fingerprint density at radius 3 is 2.89 bits per heavy atom. The summed E-state index contributed by atoms with van der Waals surface area (Å²) in [6, 6.07) is 12.6. The highest BCUT2D eigenvalue weighted by Gasteiger charge is 2.06. The van der Waals surface area contributed by atoms with Crippen LogP contribution in [0.15, 0.2) is 52.4 Å². The molecule has 0 spiro atoms. The third-order valence-electron chi connectivity index (χ3n) is 3.57. The van der Waals surface area contributed by atoms with Crippen LogP contribution in [0.3, 0.4) is 0 Å². The normalized spacial score (nSPS) is 10.9. The molecular formula is C18H15Cl2N5O2. The van der Waals surface area contributed by atoms with Crippen LogP contribution in [-0.2, 0) is 6.61 Å². The molecule has 0 amide bonds. The summed E-state index contributed by atoms with van der Waals surface area (Å²) < 4.78 is 5.86. The lowest BCUT2D eigenvalue weighted by atomic mass is 10.2. The standard InChI is InChI=1S/C18H15Cl2N5O2/c1-11-17(22-18(26)25-23-11)24-21-9-12-4-2-3-5-16(12)27-10-13-6-7-14(19)8-15(13)20/h2-9H,10H2,1H3,(H2,22,24,25,26)/b21-9-. The summed E-state index contributed by atoms with van der Waals surface area (Å²) in [6.07, 6.45) is 1.57. The van der Waals surface area contributed by atoms with E-state index in [0.29, 0.717) is 21.5 Å². The van der Waals surface area contributed by atoms with Crippen LogP contribution in [-0.4, -0.2) is 21.4 Å². The third-order valence-corrected chi connectivity index (χ3v) is 4.15. The van der Waals surface area contributed by atoms with Crippen molar-refractivity contribution < 1.29 is 4.74 Å². The predicted octanol–water partition coefficient (Wildman–Crippen LogP) is 3.81. The summed E-state index contributed by atoms with van der Waals surface area (Å²) in [5, 5.41) is 11.3. The zero-order chi connectivity index (χ0) is 19.2. The maximum absolute atomic E-state index is 11.2. The van der Waals surface area contributed by atoms with E-state index in [1.165, 1.54) is 0 Å². The molecule has 0 fully saturated rings. The number of halogens is 2. The minimum Gasteiger partial charge on any atom is -0.488 e. The molecule has 2 aromatic carbocycles. The van der Waals surface area contributed by atoms with E-state index in [1.54, 1.807) is 25.3 Å². The second kappa shape index (κ2) is 8.66. The highest BCUT2D eigenvalue weighted by molar-refractivity contribution is 6.35. The Bertz CT molecular complexity index is 1040. The molecule has 0 aliphatic heterocycles. The van der Waals surface area contributed by atoms with E-state index in [0.717, 1.165) is 11.1 Å². The van der Waals surface area contributed by atoms with Gasteiger partial charge in [0.15, 0.2) is 5.82 Å². The number of nitrogens with one attached hydrogen (secondary N) is 2. The second-order valence-electron chi connectivity index (χ2n) is 5.51. The Morgan fingerprint density at radius 1 is 1.26 bits per heavy atom. The predicted molar refractivity (Wildman–Crippen MR) is 106 cm³/mol. The molecule has 0 atom stereocenters. The third kappa shape index (κ3) is 5.06. The molecule has 3 rings (SSSR count). The number of hydrazone groups is 1. The van der Waals surface area contributed by atoms with Crippen molar-refractivity contribution in [3.63, 3.8) is 0 Å². The summed E-state index contributed by atoms with van der Waals surface area (Å²) in [7, 11) is 0. The van der Waals surface area contributed by atoms with Gasteiger partial charge in [-0.2, -0.15) is 15.2 Å². The van der Waals surface area contributed by atoms with Gasteiger partial charge in [-0.05, 0) is 31.2 Å². The zero-order valence-electron chi connectivity index (χ0n) is 14.2. The number of hydrogen-bond acceptors (Lipinski definition) is 6. The van der Waals surface area contributed by atoms with E-state index in [9.17, 15) is 4.79 Å². The molecule has 0 saturated carbocycles. The number of anilines is 1. The molecule has 7 nitrogen and oxygen atoms in total. The van der Waals surface area contributed by atoms with E-state index in [2.05, 4.69) is 25.7 Å². The summed E-state index contributed by atoms with van der Waals surface area (Å²) in [6.45, 7) is 1.99. The van der Waals surface area contributed by atoms with Gasteiger partial charge in [0.1, 0.15) is 18.1 Å². The van der Waals surface area contributed by atoms with Crippen LogP contribution >= 0.6 is 23.2 Å². The van der Waals surface area contributed by atoms with Gasteiger partial charge in [-0.1, -0.05) is 41.4 Å². The van der Waals surface area contributed by atoms with E-state index in [4.69, 9.17) is 27.9 Å². The number of benzene rings is 2.